The van der Waals surface area contributed by atoms with Crippen molar-refractivity contribution in [2.24, 2.45) is 0 Å². The Morgan fingerprint density at radius 1 is 0.800 bits per heavy atom. The largest absolute Gasteiger partial charge is 0.489 e. The summed E-state index contributed by atoms with van der Waals surface area (Å²) in [5, 5.41) is 0. The Morgan fingerprint density at radius 3 is 2.36 bits per heavy atom. The fourth-order valence-electron chi connectivity index (χ4n) is 3.31. The van der Waals surface area contributed by atoms with Crippen LogP contribution in [-0.4, -0.2) is 5.78 Å². The van der Waals surface area contributed by atoms with Crippen LogP contribution in [0.5, 0.6) is 5.75 Å². The highest BCUT2D eigenvalue weighted by Gasteiger charge is 2.17. The quantitative estimate of drug-likeness (QED) is 0.636. The number of hydrogen-bond acceptors (Lipinski definition) is 2. The SMILES string of the molecule is O=C1CCCc2cc(-c3ccc(OCc4ccccc4)cc3)ccc21. The minimum atomic E-state index is 0.275. The van der Waals surface area contributed by atoms with Gasteiger partial charge in [-0.15, -0.1) is 0 Å². The average Bonchev–Trinajstić information content (AvgIpc) is 2.67. The van der Waals surface area contributed by atoms with E-state index in [2.05, 4.69) is 30.3 Å². The van der Waals surface area contributed by atoms with Crippen LogP contribution in [0, 0.1) is 0 Å². The molecule has 0 N–H and O–H groups in total. The smallest absolute Gasteiger partial charge is 0.163 e. The molecule has 0 heterocycles. The van der Waals surface area contributed by atoms with Gasteiger partial charge in [0.2, 0.25) is 0 Å². The molecule has 2 heteroatoms. The molecule has 3 aromatic carbocycles. The van der Waals surface area contributed by atoms with Crippen LogP contribution in [0.15, 0.2) is 72.8 Å². The molecule has 0 fully saturated rings. The predicted octanol–water partition coefficient (Wildman–Crippen LogP) is 5.45. The lowest BCUT2D eigenvalue weighted by Gasteiger charge is -2.16. The number of carbonyl (C=O) groups is 1. The number of carbonyl (C=O) groups excluding carboxylic acids is 1. The van der Waals surface area contributed by atoms with Crippen LogP contribution in [0.2, 0.25) is 0 Å². The molecule has 3 aromatic rings. The van der Waals surface area contributed by atoms with Crippen molar-refractivity contribution in [1.82, 2.24) is 0 Å². The van der Waals surface area contributed by atoms with Gasteiger partial charge in [0.15, 0.2) is 5.78 Å². The van der Waals surface area contributed by atoms with E-state index < -0.39 is 0 Å². The van der Waals surface area contributed by atoms with E-state index in [1.807, 2.05) is 42.5 Å². The van der Waals surface area contributed by atoms with E-state index >= 15 is 0 Å². The molecule has 124 valence electrons. The Hall–Kier alpha value is -2.87. The molecular weight excluding hydrogens is 308 g/mol. The summed E-state index contributed by atoms with van der Waals surface area (Å²) in [5.41, 5.74) is 5.54. The summed E-state index contributed by atoms with van der Waals surface area (Å²) in [4.78, 5) is 12.0. The molecular formula is C23H20O2. The van der Waals surface area contributed by atoms with Crippen LogP contribution in [0.3, 0.4) is 0 Å². The van der Waals surface area contributed by atoms with Gasteiger partial charge in [-0.25, -0.2) is 0 Å². The van der Waals surface area contributed by atoms with Gasteiger partial charge in [-0.1, -0.05) is 60.7 Å². The minimum absolute atomic E-state index is 0.275. The molecule has 0 aliphatic heterocycles. The molecule has 0 aromatic heterocycles. The number of Topliss-reactive ketones (excluding diaryl/α,β-unsaturated/α-hetero) is 1. The number of ether oxygens (including phenoxy) is 1. The normalized spacial score (nSPS) is 13.4. The van der Waals surface area contributed by atoms with Crippen molar-refractivity contribution in [3.8, 4) is 16.9 Å². The van der Waals surface area contributed by atoms with Gasteiger partial charge in [0.1, 0.15) is 12.4 Å². The van der Waals surface area contributed by atoms with Gasteiger partial charge in [-0.05, 0) is 47.2 Å². The lowest BCUT2D eigenvalue weighted by atomic mass is 9.88. The molecule has 2 nitrogen and oxygen atoms in total. The lowest BCUT2D eigenvalue weighted by Crippen LogP contribution is -2.10. The van der Waals surface area contributed by atoms with Crippen molar-refractivity contribution in [3.05, 3.63) is 89.5 Å². The van der Waals surface area contributed by atoms with Crippen molar-refractivity contribution >= 4 is 5.78 Å². The maximum atomic E-state index is 12.0. The average molecular weight is 328 g/mol. The summed E-state index contributed by atoms with van der Waals surface area (Å²) < 4.78 is 5.84. The second kappa shape index (κ2) is 6.94. The van der Waals surface area contributed by atoms with Crippen molar-refractivity contribution in [2.75, 3.05) is 0 Å². The maximum absolute atomic E-state index is 12.0. The van der Waals surface area contributed by atoms with Gasteiger partial charge in [0.05, 0.1) is 0 Å². The molecule has 0 saturated carbocycles. The number of hydrogen-bond donors (Lipinski definition) is 0. The van der Waals surface area contributed by atoms with Crippen molar-refractivity contribution in [2.45, 2.75) is 25.9 Å². The van der Waals surface area contributed by atoms with E-state index in [4.69, 9.17) is 4.74 Å². The number of ketones is 1. The summed E-state index contributed by atoms with van der Waals surface area (Å²) >= 11 is 0. The molecule has 0 unspecified atom stereocenters. The molecule has 0 amide bonds. The number of rotatable bonds is 4. The van der Waals surface area contributed by atoms with Crippen LogP contribution >= 0.6 is 0 Å². The zero-order valence-corrected chi connectivity index (χ0v) is 14.1. The van der Waals surface area contributed by atoms with Gasteiger partial charge in [0, 0.05) is 12.0 Å². The molecule has 1 aliphatic carbocycles. The van der Waals surface area contributed by atoms with E-state index in [1.165, 1.54) is 5.56 Å². The maximum Gasteiger partial charge on any atom is 0.163 e. The standard InChI is InChI=1S/C23H20O2/c24-23-8-4-7-20-15-19(11-14-22(20)23)18-9-12-21(13-10-18)25-16-17-5-2-1-3-6-17/h1-3,5-6,9-15H,4,7-8,16H2. The van der Waals surface area contributed by atoms with Crippen LogP contribution in [0.1, 0.15) is 34.3 Å². The highest BCUT2D eigenvalue weighted by molar-refractivity contribution is 5.99. The second-order valence-corrected chi connectivity index (χ2v) is 6.45. The zero-order chi connectivity index (χ0) is 17.1. The van der Waals surface area contributed by atoms with Gasteiger partial charge >= 0.3 is 0 Å². The van der Waals surface area contributed by atoms with E-state index in [9.17, 15) is 4.79 Å². The second-order valence-electron chi connectivity index (χ2n) is 6.45. The fourth-order valence-corrected chi connectivity index (χ4v) is 3.31. The van der Waals surface area contributed by atoms with E-state index in [1.54, 1.807) is 0 Å². The molecule has 0 radical (unpaired) electrons. The Labute approximate surface area is 148 Å². The first-order chi connectivity index (χ1) is 12.3. The van der Waals surface area contributed by atoms with Gasteiger partial charge in [-0.2, -0.15) is 0 Å². The monoisotopic (exact) mass is 328 g/mol. The first kappa shape index (κ1) is 15.6. The van der Waals surface area contributed by atoms with Crippen LogP contribution in [0.4, 0.5) is 0 Å². The fraction of sp³-hybridized carbons (Fsp3) is 0.174. The Balaban J connectivity index is 1.49. The highest BCUT2D eigenvalue weighted by atomic mass is 16.5. The van der Waals surface area contributed by atoms with Crippen LogP contribution in [-0.2, 0) is 13.0 Å². The molecule has 25 heavy (non-hydrogen) atoms. The summed E-state index contributed by atoms with van der Waals surface area (Å²) in [6.45, 7) is 0.571. The first-order valence-electron chi connectivity index (χ1n) is 8.73. The van der Waals surface area contributed by atoms with Crippen LogP contribution < -0.4 is 4.74 Å². The molecule has 0 spiro atoms. The summed E-state index contributed by atoms with van der Waals surface area (Å²) in [7, 11) is 0. The number of benzene rings is 3. The van der Waals surface area contributed by atoms with Crippen molar-refractivity contribution in [3.63, 3.8) is 0 Å². The molecule has 0 atom stereocenters. The van der Waals surface area contributed by atoms with Gasteiger partial charge in [0.25, 0.3) is 0 Å². The summed E-state index contributed by atoms with van der Waals surface area (Å²) in [6.07, 6.45) is 2.63. The number of aryl methyl sites for hydroxylation is 1. The van der Waals surface area contributed by atoms with E-state index in [-0.39, 0.29) is 5.78 Å². The topological polar surface area (TPSA) is 26.3 Å². The highest BCUT2D eigenvalue weighted by Crippen LogP contribution is 2.28. The molecule has 0 bridgehead atoms. The molecule has 0 saturated heterocycles. The Morgan fingerprint density at radius 2 is 1.56 bits per heavy atom. The van der Waals surface area contributed by atoms with Gasteiger partial charge in [-0.3, -0.25) is 4.79 Å². The molecule has 1 aliphatic rings. The lowest BCUT2D eigenvalue weighted by molar-refractivity contribution is 0.0972. The van der Waals surface area contributed by atoms with Gasteiger partial charge < -0.3 is 4.74 Å². The minimum Gasteiger partial charge on any atom is -0.489 e. The van der Waals surface area contributed by atoms with Crippen molar-refractivity contribution < 1.29 is 9.53 Å². The third-order valence-electron chi connectivity index (χ3n) is 4.69. The summed E-state index contributed by atoms with van der Waals surface area (Å²) in [6, 6.07) is 24.5. The third-order valence-corrected chi connectivity index (χ3v) is 4.69. The number of fused-ring (bicyclic) bond motifs is 1. The zero-order valence-electron chi connectivity index (χ0n) is 14.1. The third kappa shape index (κ3) is 3.48. The molecule has 4 rings (SSSR count). The van der Waals surface area contributed by atoms with Crippen molar-refractivity contribution in [1.29, 1.82) is 0 Å². The Kier molecular flexibility index (Phi) is 4.34. The first-order valence-corrected chi connectivity index (χ1v) is 8.73. The van der Waals surface area contributed by atoms with Crippen LogP contribution in [0.25, 0.3) is 11.1 Å². The van der Waals surface area contributed by atoms with E-state index in [0.717, 1.165) is 40.8 Å². The summed E-state index contributed by atoms with van der Waals surface area (Å²) in [5.74, 6) is 1.14. The van der Waals surface area contributed by atoms with E-state index in [0.29, 0.717) is 13.0 Å². The Bertz CT molecular complexity index is 880. The predicted molar refractivity (Wildman–Crippen MR) is 99.9 cm³/mol.